The van der Waals surface area contributed by atoms with Crippen LogP contribution in [-0.2, 0) is 6.54 Å². The standard InChI is InChI=1S/C15H11FN2OS/c16-13-6-5-12(10-3-1-2-4-11(10)13)15(19)18-9-14-17-7-8-20-14/h1-8H,9H2,(H,18,19). The van der Waals surface area contributed by atoms with Gasteiger partial charge in [-0.25, -0.2) is 9.37 Å². The normalized spacial score (nSPS) is 10.7. The van der Waals surface area contributed by atoms with Gasteiger partial charge >= 0.3 is 0 Å². The van der Waals surface area contributed by atoms with E-state index in [2.05, 4.69) is 10.3 Å². The van der Waals surface area contributed by atoms with Crippen LogP contribution in [0.3, 0.4) is 0 Å². The van der Waals surface area contributed by atoms with Crippen molar-refractivity contribution in [3.05, 3.63) is 64.4 Å². The molecule has 1 heterocycles. The second-order valence-corrected chi connectivity index (χ2v) is 5.23. The molecule has 1 aromatic heterocycles. The third-order valence-electron chi connectivity index (χ3n) is 3.00. The Bertz CT molecular complexity index is 756. The molecule has 0 aliphatic carbocycles. The molecule has 0 saturated heterocycles. The highest BCUT2D eigenvalue weighted by atomic mass is 32.1. The van der Waals surface area contributed by atoms with E-state index < -0.39 is 0 Å². The van der Waals surface area contributed by atoms with Crippen LogP contribution in [0.5, 0.6) is 0 Å². The topological polar surface area (TPSA) is 42.0 Å². The predicted molar refractivity (Wildman–Crippen MR) is 77.2 cm³/mol. The van der Waals surface area contributed by atoms with E-state index in [4.69, 9.17) is 0 Å². The Hall–Kier alpha value is -2.27. The van der Waals surface area contributed by atoms with E-state index in [1.165, 1.54) is 23.5 Å². The van der Waals surface area contributed by atoms with Crippen molar-refractivity contribution in [2.75, 3.05) is 0 Å². The summed E-state index contributed by atoms with van der Waals surface area (Å²) < 4.78 is 13.7. The molecular weight excluding hydrogens is 275 g/mol. The molecule has 0 aliphatic heterocycles. The molecule has 3 rings (SSSR count). The molecule has 3 nitrogen and oxygen atoms in total. The van der Waals surface area contributed by atoms with Crippen LogP contribution in [0.25, 0.3) is 10.8 Å². The maximum atomic E-state index is 13.7. The molecule has 0 spiro atoms. The van der Waals surface area contributed by atoms with Crippen LogP contribution in [0.1, 0.15) is 15.4 Å². The summed E-state index contributed by atoms with van der Waals surface area (Å²) in [4.78, 5) is 16.3. The third kappa shape index (κ3) is 2.40. The molecule has 1 amide bonds. The minimum Gasteiger partial charge on any atom is -0.346 e. The van der Waals surface area contributed by atoms with Gasteiger partial charge in [-0.05, 0) is 17.5 Å². The highest BCUT2D eigenvalue weighted by Crippen LogP contribution is 2.21. The van der Waals surface area contributed by atoms with Crippen LogP contribution in [0.4, 0.5) is 4.39 Å². The van der Waals surface area contributed by atoms with E-state index in [9.17, 15) is 9.18 Å². The molecule has 0 fully saturated rings. The van der Waals surface area contributed by atoms with Gasteiger partial charge < -0.3 is 5.32 Å². The van der Waals surface area contributed by atoms with Gasteiger partial charge in [0.05, 0.1) is 6.54 Å². The lowest BCUT2D eigenvalue weighted by molar-refractivity contribution is 0.0952. The molecule has 0 aliphatic rings. The van der Waals surface area contributed by atoms with Crippen molar-refractivity contribution in [2.24, 2.45) is 0 Å². The van der Waals surface area contributed by atoms with Gasteiger partial charge in [-0.2, -0.15) is 0 Å². The summed E-state index contributed by atoms with van der Waals surface area (Å²) in [6.07, 6.45) is 1.69. The average Bonchev–Trinajstić information content (AvgIpc) is 2.99. The smallest absolute Gasteiger partial charge is 0.252 e. The minimum atomic E-state index is -0.322. The van der Waals surface area contributed by atoms with Crippen molar-refractivity contribution in [3.8, 4) is 0 Å². The number of hydrogen-bond donors (Lipinski definition) is 1. The van der Waals surface area contributed by atoms with Crippen molar-refractivity contribution >= 4 is 28.0 Å². The van der Waals surface area contributed by atoms with Crippen LogP contribution in [-0.4, -0.2) is 10.9 Å². The first-order valence-electron chi connectivity index (χ1n) is 6.09. The van der Waals surface area contributed by atoms with Gasteiger partial charge in [0.15, 0.2) is 0 Å². The lowest BCUT2D eigenvalue weighted by Crippen LogP contribution is -2.23. The zero-order valence-corrected chi connectivity index (χ0v) is 11.3. The van der Waals surface area contributed by atoms with E-state index in [-0.39, 0.29) is 11.7 Å². The number of benzene rings is 2. The fraction of sp³-hybridized carbons (Fsp3) is 0.0667. The molecule has 0 unspecified atom stereocenters. The van der Waals surface area contributed by atoms with Gasteiger partial charge in [-0.3, -0.25) is 4.79 Å². The highest BCUT2D eigenvalue weighted by molar-refractivity contribution is 7.09. The number of rotatable bonds is 3. The number of nitrogens with one attached hydrogen (secondary N) is 1. The molecule has 0 saturated carbocycles. The van der Waals surface area contributed by atoms with Gasteiger partial charge in [0.25, 0.3) is 5.91 Å². The van der Waals surface area contributed by atoms with Gasteiger partial charge in [0, 0.05) is 22.5 Å². The van der Waals surface area contributed by atoms with Crippen molar-refractivity contribution in [1.82, 2.24) is 10.3 Å². The van der Waals surface area contributed by atoms with E-state index >= 15 is 0 Å². The number of halogens is 1. The maximum absolute atomic E-state index is 13.7. The molecule has 0 bridgehead atoms. The fourth-order valence-corrected chi connectivity index (χ4v) is 2.61. The Balaban J connectivity index is 1.90. The fourth-order valence-electron chi connectivity index (χ4n) is 2.05. The molecule has 0 radical (unpaired) electrons. The molecule has 1 N–H and O–H groups in total. The van der Waals surface area contributed by atoms with Crippen LogP contribution in [0, 0.1) is 5.82 Å². The van der Waals surface area contributed by atoms with E-state index in [0.717, 1.165) is 5.01 Å². The van der Waals surface area contributed by atoms with Crippen LogP contribution >= 0.6 is 11.3 Å². The summed E-state index contributed by atoms with van der Waals surface area (Å²) in [5.74, 6) is -0.548. The summed E-state index contributed by atoms with van der Waals surface area (Å²) in [7, 11) is 0. The summed E-state index contributed by atoms with van der Waals surface area (Å²) >= 11 is 1.48. The molecular formula is C15H11FN2OS. The number of fused-ring (bicyclic) bond motifs is 1. The Morgan fingerprint density at radius 2 is 2.00 bits per heavy atom. The number of thiazole rings is 1. The van der Waals surface area contributed by atoms with Gasteiger partial charge in [-0.1, -0.05) is 24.3 Å². The summed E-state index contributed by atoms with van der Waals surface area (Å²) in [5, 5.41) is 6.56. The van der Waals surface area contributed by atoms with Crippen LogP contribution in [0.15, 0.2) is 48.0 Å². The molecule has 100 valence electrons. The van der Waals surface area contributed by atoms with Crippen LogP contribution in [0.2, 0.25) is 0 Å². The number of carbonyl (C=O) groups is 1. The van der Waals surface area contributed by atoms with Gasteiger partial charge in [0.1, 0.15) is 10.8 Å². The Kier molecular flexibility index (Phi) is 3.43. The zero-order chi connectivity index (χ0) is 13.9. The van der Waals surface area contributed by atoms with Crippen molar-refractivity contribution in [2.45, 2.75) is 6.54 Å². The van der Waals surface area contributed by atoms with E-state index in [1.807, 2.05) is 5.38 Å². The highest BCUT2D eigenvalue weighted by Gasteiger charge is 2.12. The first kappa shape index (κ1) is 12.7. The lowest BCUT2D eigenvalue weighted by atomic mass is 10.0. The number of amides is 1. The lowest BCUT2D eigenvalue weighted by Gasteiger charge is -2.07. The first-order chi connectivity index (χ1) is 9.75. The molecule has 5 heteroatoms. The Morgan fingerprint density at radius 3 is 2.75 bits per heavy atom. The minimum absolute atomic E-state index is 0.226. The predicted octanol–water partition coefficient (Wildman–Crippen LogP) is 3.37. The SMILES string of the molecule is O=C(NCc1nccs1)c1ccc(F)c2ccccc12. The number of hydrogen-bond acceptors (Lipinski definition) is 3. The average molecular weight is 286 g/mol. The van der Waals surface area contributed by atoms with E-state index in [0.29, 0.717) is 22.9 Å². The summed E-state index contributed by atoms with van der Waals surface area (Å²) in [6.45, 7) is 0.377. The summed E-state index contributed by atoms with van der Waals surface area (Å²) in [6, 6.07) is 9.79. The van der Waals surface area contributed by atoms with E-state index in [1.54, 1.807) is 30.5 Å². The second kappa shape index (κ2) is 5.38. The molecule has 3 aromatic rings. The first-order valence-corrected chi connectivity index (χ1v) is 6.97. The van der Waals surface area contributed by atoms with Crippen molar-refractivity contribution < 1.29 is 9.18 Å². The maximum Gasteiger partial charge on any atom is 0.252 e. The quantitative estimate of drug-likeness (QED) is 0.802. The zero-order valence-electron chi connectivity index (χ0n) is 10.5. The Morgan fingerprint density at radius 1 is 1.20 bits per heavy atom. The van der Waals surface area contributed by atoms with Gasteiger partial charge in [-0.15, -0.1) is 11.3 Å². The molecule has 20 heavy (non-hydrogen) atoms. The van der Waals surface area contributed by atoms with Crippen LogP contribution < -0.4 is 5.32 Å². The molecule has 2 aromatic carbocycles. The second-order valence-electron chi connectivity index (χ2n) is 4.25. The number of aromatic nitrogens is 1. The largest absolute Gasteiger partial charge is 0.346 e. The van der Waals surface area contributed by atoms with Crippen molar-refractivity contribution in [3.63, 3.8) is 0 Å². The Labute approximate surface area is 119 Å². The monoisotopic (exact) mass is 286 g/mol. The van der Waals surface area contributed by atoms with Crippen molar-refractivity contribution in [1.29, 1.82) is 0 Å². The summed E-state index contributed by atoms with van der Waals surface area (Å²) in [5.41, 5.74) is 0.471. The third-order valence-corrected chi connectivity index (χ3v) is 3.78. The molecule has 0 atom stereocenters. The van der Waals surface area contributed by atoms with Gasteiger partial charge in [0.2, 0.25) is 0 Å². The number of nitrogens with zero attached hydrogens (tertiary/aromatic N) is 1. The number of carbonyl (C=O) groups excluding carboxylic acids is 1.